The highest BCUT2D eigenvalue weighted by atomic mass is 32.1. The highest BCUT2D eigenvalue weighted by Gasteiger charge is 2.06. The molecule has 2 aromatic rings. The Morgan fingerprint density at radius 1 is 1.50 bits per heavy atom. The van der Waals surface area contributed by atoms with Crippen LogP contribution in [0, 0.1) is 0 Å². The molecule has 74 valence electrons. The van der Waals surface area contributed by atoms with Crippen LogP contribution < -0.4 is 5.32 Å². The van der Waals surface area contributed by atoms with Gasteiger partial charge in [-0.1, -0.05) is 0 Å². The second-order valence-electron chi connectivity index (χ2n) is 3.09. The number of hydrogen-bond acceptors (Lipinski definition) is 4. The SMILES string of the molecule is CNCc1cnc(-c2cn(C)cn2)s1. The number of imidazole rings is 1. The first-order chi connectivity index (χ1) is 6.79. The fraction of sp³-hybridized carbons (Fsp3) is 0.333. The van der Waals surface area contributed by atoms with Gasteiger partial charge in [-0.2, -0.15) is 0 Å². The smallest absolute Gasteiger partial charge is 0.143 e. The maximum absolute atomic E-state index is 4.32. The van der Waals surface area contributed by atoms with Gasteiger partial charge in [0.2, 0.25) is 0 Å². The minimum absolute atomic E-state index is 0.866. The summed E-state index contributed by atoms with van der Waals surface area (Å²) in [6.07, 6.45) is 5.65. The number of nitrogens with one attached hydrogen (secondary N) is 1. The number of hydrogen-bond donors (Lipinski definition) is 1. The van der Waals surface area contributed by atoms with Gasteiger partial charge in [-0.25, -0.2) is 9.97 Å². The first-order valence-electron chi connectivity index (χ1n) is 4.37. The third kappa shape index (κ3) is 1.83. The second kappa shape index (κ2) is 3.89. The molecular formula is C9H12N4S. The lowest BCUT2D eigenvalue weighted by atomic mass is 10.5. The van der Waals surface area contributed by atoms with E-state index in [9.17, 15) is 0 Å². The zero-order valence-corrected chi connectivity index (χ0v) is 9.01. The number of nitrogens with zero attached hydrogens (tertiary/aromatic N) is 3. The molecule has 0 bridgehead atoms. The van der Waals surface area contributed by atoms with Crippen molar-refractivity contribution in [3.05, 3.63) is 23.6 Å². The summed E-state index contributed by atoms with van der Waals surface area (Å²) in [6.45, 7) is 0.866. The Kier molecular flexibility index (Phi) is 2.60. The maximum Gasteiger partial charge on any atom is 0.143 e. The highest BCUT2D eigenvalue weighted by Crippen LogP contribution is 2.22. The summed E-state index contributed by atoms with van der Waals surface area (Å²) in [6, 6.07) is 0. The Labute approximate surface area is 86.6 Å². The molecule has 5 heteroatoms. The van der Waals surface area contributed by atoms with Gasteiger partial charge < -0.3 is 9.88 Å². The summed E-state index contributed by atoms with van der Waals surface area (Å²) < 4.78 is 1.93. The van der Waals surface area contributed by atoms with Gasteiger partial charge in [0.1, 0.15) is 10.7 Å². The number of rotatable bonds is 3. The van der Waals surface area contributed by atoms with Crippen LogP contribution in [0.3, 0.4) is 0 Å². The van der Waals surface area contributed by atoms with Gasteiger partial charge in [0, 0.05) is 30.9 Å². The van der Waals surface area contributed by atoms with Crippen molar-refractivity contribution in [2.24, 2.45) is 7.05 Å². The van der Waals surface area contributed by atoms with E-state index in [1.54, 1.807) is 17.7 Å². The topological polar surface area (TPSA) is 42.7 Å². The fourth-order valence-corrected chi connectivity index (χ4v) is 2.09. The molecule has 4 nitrogen and oxygen atoms in total. The lowest BCUT2D eigenvalue weighted by molar-refractivity contribution is 0.829. The van der Waals surface area contributed by atoms with E-state index < -0.39 is 0 Å². The van der Waals surface area contributed by atoms with Crippen molar-refractivity contribution in [1.82, 2.24) is 19.9 Å². The zero-order chi connectivity index (χ0) is 9.97. The van der Waals surface area contributed by atoms with E-state index in [1.165, 1.54) is 4.88 Å². The minimum atomic E-state index is 0.866. The van der Waals surface area contributed by atoms with Crippen molar-refractivity contribution in [2.45, 2.75) is 6.54 Å². The molecule has 0 fully saturated rings. The van der Waals surface area contributed by atoms with Crippen molar-refractivity contribution in [1.29, 1.82) is 0 Å². The summed E-state index contributed by atoms with van der Waals surface area (Å²) in [7, 11) is 3.89. The third-order valence-electron chi connectivity index (χ3n) is 1.83. The van der Waals surface area contributed by atoms with E-state index in [4.69, 9.17) is 0 Å². The van der Waals surface area contributed by atoms with Crippen molar-refractivity contribution in [3.8, 4) is 10.7 Å². The van der Waals surface area contributed by atoms with Crippen LogP contribution in [0.2, 0.25) is 0 Å². The quantitative estimate of drug-likeness (QED) is 0.826. The Bertz CT molecular complexity index is 418. The Morgan fingerprint density at radius 2 is 2.36 bits per heavy atom. The maximum atomic E-state index is 4.32. The summed E-state index contributed by atoms with van der Waals surface area (Å²) in [5, 5.41) is 4.08. The molecule has 0 saturated heterocycles. The van der Waals surface area contributed by atoms with Crippen LogP contribution in [0.4, 0.5) is 0 Å². The highest BCUT2D eigenvalue weighted by molar-refractivity contribution is 7.14. The predicted octanol–water partition coefficient (Wildman–Crippen LogP) is 1.26. The van der Waals surface area contributed by atoms with Gasteiger partial charge in [0.25, 0.3) is 0 Å². The number of thiazole rings is 1. The van der Waals surface area contributed by atoms with Crippen LogP contribution in [-0.4, -0.2) is 21.6 Å². The molecule has 0 atom stereocenters. The van der Waals surface area contributed by atoms with Gasteiger partial charge in [-0.3, -0.25) is 0 Å². The second-order valence-corrected chi connectivity index (χ2v) is 4.20. The van der Waals surface area contributed by atoms with Gasteiger partial charge >= 0.3 is 0 Å². The van der Waals surface area contributed by atoms with Crippen LogP contribution in [0.15, 0.2) is 18.7 Å². The average Bonchev–Trinajstić information content (AvgIpc) is 2.74. The van der Waals surface area contributed by atoms with Crippen molar-refractivity contribution in [3.63, 3.8) is 0 Å². The molecule has 0 aromatic carbocycles. The Hall–Kier alpha value is -1.20. The Morgan fingerprint density at radius 3 is 3.00 bits per heavy atom. The average molecular weight is 208 g/mol. The van der Waals surface area contributed by atoms with E-state index in [-0.39, 0.29) is 0 Å². The van der Waals surface area contributed by atoms with Crippen molar-refractivity contribution >= 4 is 11.3 Å². The molecule has 0 amide bonds. The first kappa shape index (κ1) is 9.36. The molecular weight excluding hydrogens is 196 g/mol. The summed E-state index contributed by atoms with van der Waals surface area (Å²) in [4.78, 5) is 9.80. The molecule has 2 heterocycles. The minimum Gasteiger partial charge on any atom is -0.340 e. The molecule has 1 N–H and O–H groups in total. The van der Waals surface area contributed by atoms with Gasteiger partial charge in [-0.05, 0) is 7.05 Å². The van der Waals surface area contributed by atoms with Gasteiger partial charge in [0.05, 0.1) is 6.33 Å². The van der Waals surface area contributed by atoms with Gasteiger partial charge in [0.15, 0.2) is 0 Å². The van der Waals surface area contributed by atoms with Crippen LogP contribution in [0.5, 0.6) is 0 Å². The molecule has 2 aromatic heterocycles. The lowest BCUT2D eigenvalue weighted by Crippen LogP contribution is -2.02. The fourth-order valence-electron chi connectivity index (χ4n) is 1.21. The lowest BCUT2D eigenvalue weighted by Gasteiger charge is -1.90. The van der Waals surface area contributed by atoms with Crippen molar-refractivity contribution in [2.75, 3.05) is 7.05 Å². The van der Waals surface area contributed by atoms with Crippen LogP contribution in [0.1, 0.15) is 4.88 Å². The van der Waals surface area contributed by atoms with Crippen molar-refractivity contribution < 1.29 is 0 Å². The molecule has 2 rings (SSSR count). The largest absolute Gasteiger partial charge is 0.340 e. The van der Waals surface area contributed by atoms with Crippen LogP contribution >= 0.6 is 11.3 Å². The molecule has 0 spiro atoms. The predicted molar refractivity (Wildman–Crippen MR) is 57.1 cm³/mol. The Balaban J connectivity index is 2.24. The molecule has 0 radical (unpaired) electrons. The first-order valence-corrected chi connectivity index (χ1v) is 5.19. The molecule has 0 unspecified atom stereocenters. The molecule has 0 aliphatic rings. The normalized spacial score (nSPS) is 10.7. The van der Waals surface area contributed by atoms with E-state index in [1.807, 2.05) is 31.1 Å². The number of aryl methyl sites for hydroxylation is 1. The van der Waals surface area contributed by atoms with E-state index in [0.717, 1.165) is 17.2 Å². The molecule has 14 heavy (non-hydrogen) atoms. The summed E-state index contributed by atoms with van der Waals surface area (Å²) >= 11 is 1.67. The monoisotopic (exact) mass is 208 g/mol. The standard InChI is InChI=1S/C9H12N4S/c1-10-3-7-4-11-9(14-7)8-5-13(2)6-12-8/h4-6,10H,3H2,1-2H3. The van der Waals surface area contributed by atoms with E-state index in [2.05, 4.69) is 15.3 Å². The van der Waals surface area contributed by atoms with E-state index in [0.29, 0.717) is 0 Å². The summed E-state index contributed by atoms with van der Waals surface area (Å²) in [5.41, 5.74) is 0.944. The van der Waals surface area contributed by atoms with Crippen LogP contribution in [-0.2, 0) is 13.6 Å². The summed E-state index contributed by atoms with van der Waals surface area (Å²) in [5.74, 6) is 0. The zero-order valence-electron chi connectivity index (χ0n) is 8.19. The van der Waals surface area contributed by atoms with Gasteiger partial charge in [-0.15, -0.1) is 11.3 Å². The van der Waals surface area contributed by atoms with E-state index >= 15 is 0 Å². The molecule has 0 saturated carbocycles. The van der Waals surface area contributed by atoms with Crippen LogP contribution in [0.25, 0.3) is 10.7 Å². The third-order valence-corrected chi connectivity index (χ3v) is 2.85. The number of aromatic nitrogens is 3. The molecule has 0 aliphatic heterocycles. The molecule has 0 aliphatic carbocycles.